The van der Waals surface area contributed by atoms with Crippen LogP contribution in [-0.2, 0) is 11.3 Å². The van der Waals surface area contributed by atoms with Crippen LogP contribution in [0.25, 0.3) is 0 Å². The van der Waals surface area contributed by atoms with Gasteiger partial charge in [-0.3, -0.25) is 0 Å². The van der Waals surface area contributed by atoms with Crippen molar-refractivity contribution in [1.29, 1.82) is 0 Å². The number of amides is 1. The summed E-state index contributed by atoms with van der Waals surface area (Å²) in [7, 11) is 0. The lowest BCUT2D eigenvalue weighted by Gasteiger charge is -2.17. The number of ether oxygens (including phenoxy) is 1. The zero-order valence-corrected chi connectivity index (χ0v) is 11.8. The van der Waals surface area contributed by atoms with Gasteiger partial charge in [-0.05, 0) is 37.3 Å². The Bertz CT molecular complexity index is 445. The SMILES string of the molecule is O=C(OCc1ccccc1)N1CC[C@@H](NCC2CC2)C1. The van der Waals surface area contributed by atoms with Crippen LogP contribution in [0.3, 0.4) is 0 Å². The average Bonchev–Trinajstić information content (AvgIpc) is 3.20. The minimum Gasteiger partial charge on any atom is -0.445 e. The van der Waals surface area contributed by atoms with Gasteiger partial charge in [0.05, 0.1) is 0 Å². The molecule has 4 nitrogen and oxygen atoms in total. The number of likely N-dealkylation sites (tertiary alicyclic amines) is 1. The van der Waals surface area contributed by atoms with Crippen LogP contribution in [-0.4, -0.2) is 36.7 Å². The molecule has 1 atom stereocenters. The minimum absolute atomic E-state index is 0.190. The van der Waals surface area contributed by atoms with Gasteiger partial charge in [-0.2, -0.15) is 0 Å². The monoisotopic (exact) mass is 274 g/mol. The number of carbonyl (C=O) groups is 1. The van der Waals surface area contributed by atoms with Crippen molar-refractivity contribution in [2.75, 3.05) is 19.6 Å². The van der Waals surface area contributed by atoms with Crippen molar-refractivity contribution in [1.82, 2.24) is 10.2 Å². The van der Waals surface area contributed by atoms with Crippen molar-refractivity contribution in [3.63, 3.8) is 0 Å². The van der Waals surface area contributed by atoms with Gasteiger partial charge in [-0.25, -0.2) is 4.79 Å². The minimum atomic E-state index is -0.190. The molecule has 20 heavy (non-hydrogen) atoms. The molecule has 1 heterocycles. The standard InChI is InChI=1S/C16H22N2O2/c19-16(20-12-14-4-2-1-3-5-14)18-9-8-15(11-18)17-10-13-6-7-13/h1-5,13,15,17H,6-12H2/t15-/m1/s1. The smallest absolute Gasteiger partial charge is 0.410 e. The van der Waals surface area contributed by atoms with Gasteiger partial charge in [0.25, 0.3) is 0 Å². The molecule has 4 heteroatoms. The topological polar surface area (TPSA) is 41.6 Å². The van der Waals surface area contributed by atoms with Gasteiger partial charge < -0.3 is 15.0 Å². The van der Waals surface area contributed by atoms with E-state index in [2.05, 4.69) is 5.32 Å². The molecule has 1 aliphatic carbocycles. The predicted molar refractivity (Wildman–Crippen MR) is 77.3 cm³/mol. The highest BCUT2D eigenvalue weighted by Crippen LogP contribution is 2.28. The van der Waals surface area contributed by atoms with Crippen LogP contribution in [0.15, 0.2) is 30.3 Å². The van der Waals surface area contributed by atoms with Gasteiger partial charge in [0.1, 0.15) is 6.61 Å². The third-order valence-corrected chi connectivity index (χ3v) is 4.04. The van der Waals surface area contributed by atoms with E-state index in [4.69, 9.17) is 4.74 Å². The summed E-state index contributed by atoms with van der Waals surface area (Å²) in [6.07, 6.45) is 3.57. The summed E-state index contributed by atoms with van der Waals surface area (Å²) in [5, 5.41) is 3.55. The first kappa shape index (κ1) is 13.4. The molecule has 2 aliphatic rings. The molecule has 1 saturated carbocycles. The lowest BCUT2D eigenvalue weighted by atomic mass is 10.2. The maximum atomic E-state index is 12.0. The van der Waals surface area contributed by atoms with Gasteiger partial charge in [0.2, 0.25) is 0 Å². The van der Waals surface area contributed by atoms with E-state index >= 15 is 0 Å². The quantitative estimate of drug-likeness (QED) is 0.896. The van der Waals surface area contributed by atoms with E-state index in [1.807, 2.05) is 35.2 Å². The van der Waals surface area contributed by atoms with Gasteiger partial charge in [0, 0.05) is 19.1 Å². The number of hydrogen-bond acceptors (Lipinski definition) is 3. The first-order chi connectivity index (χ1) is 9.81. The lowest BCUT2D eigenvalue weighted by molar-refractivity contribution is 0.103. The zero-order valence-electron chi connectivity index (χ0n) is 11.8. The Morgan fingerprint density at radius 3 is 2.80 bits per heavy atom. The Labute approximate surface area is 120 Å². The Morgan fingerprint density at radius 2 is 2.05 bits per heavy atom. The van der Waals surface area contributed by atoms with Crippen LogP contribution in [0, 0.1) is 5.92 Å². The van der Waals surface area contributed by atoms with E-state index in [1.165, 1.54) is 12.8 Å². The maximum Gasteiger partial charge on any atom is 0.410 e. The van der Waals surface area contributed by atoms with E-state index in [-0.39, 0.29) is 6.09 Å². The van der Waals surface area contributed by atoms with E-state index in [9.17, 15) is 4.79 Å². The third-order valence-electron chi connectivity index (χ3n) is 4.04. The van der Waals surface area contributed by atoms with Crippen LogP contribution in [0.4, 0.5) is 4.79 Å². The number of nitrogens with zero attached hydrogens (tertiary/aromatic N) is 1. The molecule has 3 rings (SSSR count). The normalized spacial score (nSPS) is 22.0. The van der Waals surface area contributed by atoms with E-state index in [1.54, 1.807) is 0 Å². The zero-order chi connectivity index (χ0) is 13.8. The Kier molecular flexibility index (Phi) is 4.21. The second-order valence-corrected chi connectivity index (χ2v) is 5.82. The molecule has 1 N–H and O–H groups in total. The second kappa shape index (κ2) is 6.27. The van der Waals surface area contributed by atoms with Crippen molar-refractivity contribution >= 4 is 6.09 Å². The summed E-state index contributed by atoms with van der Waals surface area (Å²) >= 11 is 0. The van der Waals surface area contributed by atoms with Gasteiger partial charge in [-0.15, -0.1) is 0 Å². The molecular weight excluding hydrogens is 252 g/mol. The fourth-order valence-electron chi connectivity index (χ4n) is 2.56. The molecule has 108 valence electrons. The Balaban J connectivity index is 1.39. The van der Waals surface area contributed by atoms with Crippen LogP contribution < -0.4 is 5.32 Å². The highest BCUT2D eigenvalue weighted by Gasteiger charge is 2.29. The lowest BCUT2D eigenvalue weighted by Crippen LogP contribution is -2.36. The van der Waals surface area contributed by atoms with E-state index in [0.717, 1.165) is 37.5 Å². The first-order valence-electron chi connectivity index (χ1n) is 7.50. The highest BCUT2D eigenvalue weighted by molar-refractivity contribution is 5.68. The predicted octanol–water partition coefficient (Wildman–Crippen LogP) is 2.40. The molecule has 0 aromatic heterocycles. The number of rotatable bonds is 5. The second-order valence-electron chi connectivity index (χ2n) is 5.82. The fourth-order valence-corrected chi connectivity index (χ4v) is 2.56. The first-order valence-corrected chi connectivity index (χ1v) is 7.50. The van der Waals surface area contributed by atoms with Gasteiger partial charge in [0.15, 0.2) is 0 Å². The molecule has 2 fully saturated rings. The van der Waals surface area contributed by atoms with E-state index in [0.29, 0.717) is 12.6 Å². The van der Waals surface area contributed by atoms with Gasteiger partial charge >= 0.3 is 6.09 Å². The molecule has 1 amide bonds. The summed E-state index contributed by atoms with van der Waals surface area (Å²) < 4.78 is 5.36. The molecule has 0 bridgehead atoms. The highest BCUT2D eigenvalue weighted by atomic mass is 16.6. The molecule has 1 saturated heterocycles. The molecule has 0 spiro atoms. The number of benzene rings is 1. The van der Waals surface area contributed by atoms with Crippen LogP contribution in [0.1, 0.15) is 24.8 Å². The molecule has 1 aromatic carbocycles. The molecule has 0 unspecified atom stereocenters. The number of carbonyl (C=O) groups excluding carboxylic acids is 1. The van der Waals surface area contributed by atoms with Crippen LogP contribution in [0.2, 0.25) is 0 Å². The fraction of sp³-hybridized carbons (Fsp3) is 0.562. The number of hydrogen-bond donors (Lipinski definition) is 1. The Morgan fingerprint density at radius 1 is 1.25 bits per heavy atom. The van der Waals surface area contributed by atoms with Crippen molar-refractivity contribution in [3.8, 4) is 0 Å². The maximum absolute atomic E-state index is 12.0. The van der Waals surface area contributed by atoms with E-state index < -0.39 is 0 Å². The van der Waals surface area contributed by atoms with Crippen LogP contribution in [0.5, 0.6) is 0 Å². The number of nitrogens with one attached hydrogen (secondary N) is 1. The van der Waals surface area contributed by atoms with Gasteiger partial charge in [-0.1, -0.05) is 30.3 Å². The largest absolute Gasteiger partial charge is 0.445 e. The molecule has 0 radical (unpaired) electrons. The van der Waals surface area contributed by atoms with Crippen LogP contribution >= 0.6 is 0 Å². The molecular formula is C16H22N2O2. The van der Waals surface area contributed by atoms with Crippen molar-refractivity contribution < 1.29 is 9.53 Å². The molecule has 1 aromatic rings. The average molecular weight is 274 g/mol. The summed E-state index contributed by atoms with van der Waals surface area (Å²) in [6.45, 7) is 3.05. The summed E-state index contributed by atoms with van der Waals surface area (Å²) in [6, 6.07) is 10.3. The summed E-state index contributed by atoms with van der Waals surface area (Å²) in [4.78, 5) is 13.8. The van der Waals surface area contributed by atoms with Crippen molar-refractivity contribution in [2.24, 2.45) is 5.92 Å². The summed E-state index contributed by atoms with van der Waals surface area (Å²) in [5.41, 5.74) is 1.03. The Hall–Kier alpha value is -1.55. The summed E-state index contributed by atoms with van der Waals surface area (Å²) in [5.74, 6) is 0.883. The van der Waals surface area contributed by atoms with Crippen molar-refractivity contribution in [2.45, 2.75) is 31.9 Å². The third kappa shape index (κ3) is 3.73. The molecule has 1 aliphatic heterocycles. The van der Waals surface area contributed by atoms with Crippen molar-refractivity contribution in [3.05, 3.63) is 35.9 Å².